The van der Waals surface area contributed by atoms with E-state index >= 15 is 0 Å². The molecule has 0 nitrogen and oxygen atoms in total. The molecule has 0 saturated heterocycles. The molecule has 0 spiro atoms. The molecule has 0 aliphatic heterocycles. The summed E-state index contributed by atoms with van der Waals surface area (Å²) in [6.07, 6.45) is 7.10. The molecule has 0 heterocycles. The Bertz CT molecular complexity index is 410. The second-order valence-electron chi connectivity index (χ2n) is 3.50. The van der Waals surface area contributed by atoms with Crippen molar-refractivity contribution in [2.45, 2.75) is 26.7 Å². The molecule has 0 aromatic heterocycles. The minimum Gasteiger partial charge on any atom is -0.0764 e. The van der Waals surface area contributed by atoms with E-state index in [-0.39, 0.29) is 0 Å². The quantitative estimate of drug-likeness (QED) is 0.538. The van der Waals surface area contributed by atoms with E-state index in [1.807, 2.05) is 0 Å². The van der Waals surface area contributed by atoms with E-state index < -0.39 is 0 Å². The molecule has 1 aliphatic rings. The maximum Gasteiger partial charge on any atom is -0.0195 e. The highest BCUT2D eigenvalue weighted by Crippen LogP contribution is 2.01. The van der Waals surface area contributed by atoms with Crippen LogP contribution < -0.4 is 10.4 Å². The lowest BCUT2D eigenvalue weighted by Gasteiger charge is -2.05. The van der Waals surface area contributed by atoms with Gasteiger partial charge in [-0.15, -0.1) is 0 Å². The topological polar surface area (TPSA) is 0 Å². The fourth-order valence-corrected chi connectivity index (χ4v) is 1.77. The minimum atomic E-state index is 1.20. The summed E-state index contributed by atoms with van der Waals surface area (Å²) in [5.41, 5.74) is 2.85. The van der Waals surface area contributed by atoms with Crippen molar-refractivity contribution < 1.29 is 0 Å². The molecule has 2 rings (SSSR count). The van der Waals surface area contributed by atoms with Crippen molar-refractivity contribution in [3.05, 3.63) is 33.7 Å². The molecular weight excluding hydrogens is 144 g/mol. The fraction of sp³-hybridized carbons (Fsp3) is 0.333. The van der Waals surface area contributed by atoms with Crippen molar-refractivity contribution in [2.75, 3.05) is 0 Å². The van der Waals surface area contributed by atoms with E-state index in [9.17, 15) is 0 Å². The highest BCUT2D eigenvalue weighted by molar-refractivity contribution is 5.43. The largest absolute Gasteiger partial charge is 0.0764 e. The van der Waals surface area contributed by atoms with E-state index in [1.165, 1.54) is 34.4 Å². The first kappa shape index (κ1) is 7.60. The van der Waals surface area contributed by atoms with Crippen LogP contribution >= 0.6 is 0 Å². The molecule has 0 radical (unpaired) electrons. The van der Waals surface area contributed by atoms with Gasteiger partial charge in [0, 0.05) is 0 Å². The van der Waals surface area contributed by atoms with Crippen molar-refractivity contribution in [1.29, 1.82) is 0 Å². The van der Waals surface area contributed by atoms with Gasteiger partial charge in [0.15, 0.2) is 0 Å². The van der Waals surface area contributed by atoms with Gasteiger partial charge in [0.1, 0.15) is 0 Å². The first-order chi connectivity index (χ1) is 5.79. The Morgan fingerprint density at radius 1 is 1.00 bits per heavy atom. The molecule has 1 aromatic carbocycles. The van der Waals surface area contributed by atoms with E-state index in [1.54, 1.807) is 0 Å². The number of benzene rings is 1. The monoisotopic (exact) mass is 158 g/mol. The van der Waals surface area contributed by atoms with Crippen LogP contribution in [0.2, 0.25) is 0 Å². The molecule has 0 N–H and O–H groups in total. The zero-order valence-electron chi connectivity index (χ0n) is 7.72. The van der Waals surface area contributed by atoms with Crippen LogP contribution in [0, 0.1) is 13.8 Å². The van der Waals surface area contributed by atoms with Gasteiger partial charge in [0.2, 0.25) is 0 Å². The molecule has 1 aliphatic carbocycles. The molecule has 0 saturated carbocycles. The average molecular weight is 158 g/mol. The van der Waals surface area contributed by atoms with Gasteiger partial charge in [-0.1, -0.05) is 24.3 Å². The molecule has 0 bridgehead atoms. The number of rotatable bonds is 0. The number of hydrogen-bond acceptors (Lipinski definition) is 0. The first-order valence-corrected chi connectivity index (χ1v) is 4.55. The molecule has 1 aromatic rings. The normalized spacial score (nSPS) is 14.5. The molecular formula is C12H14. The van der Waals surface area contributed by atoms with Gasteiger partial charge >= 0.3 is 0 Å². The summed E-state index contributed by atoms with van der Waals surface area (Å²) in [5, 5.41) is 2.88. The SMILES string of the molecule is Cc1ccc2c(c1C)=CCCC=2. The Kier molecular flexibility index (Phi) is 1.76. The summed E-state index contributed by atoms with van der Waals surface area (Å²) in [7, 11) is 0. The summed E-state index contributed by atoms with van der Waals surface area (Å²) in [6, 6.07) is 4.44. The van der Waals surface area contributed by atoms with Crippen molar-refractivity contribution in [2.24, 2.45) is 0 Å². The predicted molar refractivity (Wildman–Crippen MR) is 53.3 cm³/mol. The summed E-state index contributed by atoms with van der Waals surface area (Å²) in [4.78, 5) is 0. The highest BCUT2D eigenvalue weighted by Gasteiger charge is 1.98. The molecule has 0 atom stereocenters. The molecule has 0 fully saturated rings. The molecule has 0 heteroatoms. The Morgan fingerprint density at radius 2 is 1.75 bits per heavy atom. The van der Waals surface area contributed by atoms with Crippen LogP contribution in [0.15, 0.2) is 12.1 Å². The van der Waals surface area contributed by atoms with E-state index in [0.29, 0.717) is 0 Å². The molecule has 0 unspecified atom stereocenters. The maximum absolute atomic E-state index is 2.36. The Hall–Kier alpha value is -1.04. The molecule has 0 amide bonds. The third-order valence-corrected chi connectivity index (χ3v) is 2.70. The van der Waals surface area contributed by atoms with Crippen molar-refractivity contribution in [3.8, 4) is 0 Å². The smallest absolute Gasteiger partial charge is 0.0195 e. The third kappa shape index (κ3) is 1.08. The zero-order chi connectivity index (χ0) is 8.55. The number of aryl methyl sites for hydroxylation is 1. The van der Waals surface area contributed by atoms with Crippen LogP contribution in [0.4, 0.5) is 0 Å². The van der Waals surface area contributed by atoms with Crippen molar-refractivity contribution >= 4 is 12.2 Å². The lowest BCUT2D eigenvalue weighted by molar-refractivity contribution is 1.10. The van der Waals surface area contributed by atoms with Crippen LogP contribution in [-0.2, 0) is 0 Å². The van der Waals surface area contributed by atoms with Crippen LogP contribution in [0.1, 0.15) is 24.0 Å². The first-order valence-electron chi connectivity index (χ1n) is 4.55. The Morgan fingerprint density at radius 3 is 2.58 bits per heavy atom. The van der Waals surface area contributed by atoms with Gasteiger partial charge in [-0.2, -0.15) is 0 Å². The van der Waals surface area contributed by atoms with Gasteiger partial charge in [-0.05, 0) is 48.3 Å². The highest BCUT2D eigenvalue weighted by atomic mass is 14.0. The fourth-order valence-electron chi connectivity index (χ4n) is 1.77. The van der Waals surface area contributed by atoms with Gasteiger partial charge in [0.25, 0.3) is 0 Å². The summed E-state index contributed by atoms with van der Waals surface area (Å²) in [5.74, 6) is 0. The van der Waals surface area contributed by atoms with Gasteiger partial charge < -0.3 is 0 Å². The second kappa shape index (κ2) is 2.78. The van der Waals surface area contributed by atoms with Crippen LogP contribution in [0.25, 0.3) is 12.2 Å². The summed E-state index contributed by atoms with van der Waals surface area (Å²) >= 11 is 0. The number of hydrogen-bond donors (Lipinski definition) is 0. The summed E-state index contributed by atoms with van der Waals surface area (Å²) in [6.45, 7) is 4.39. The van der Waals surface area contributed by atoms with Gasteiger partial charge in [-0.3, -0.25) is 0 Å². The zero-order valence-corrected chi connectivity index (χ0v) is 7.72. The van der Waals surface area contributed by atoms with E-state index in [2.05, 4.69) is 38.1 Å². The van der Waals surface area contributed by atoms with Crippen LogP contribution in [0.3, 0.4) is 0 Å². The maximum atomic E-state index is 2.36. The Balaban J connectivity index is 2.88. The molecule has 62 valence electrons. The van der Waals surface area contributed by atoms with Gasteiger partial charge in [0.05, 0.1) is 0 Å². The Labute approximate surface area is 73.2 Å². The average Bonchev–Trinajstić information content (AvgIpc) is 2.12. The van der Waals surface area contributed by atoms with Crippen LogP contribution in [0.5, 0.6) is 0 Å². The summed E-state index contributed by atoms with van der Waals surface area (Å²) < 4.78 is 0. The van der Waals surface area contributed by atoms with Gasteiger partial charge in [-0.25, -0.2) is 0 Å². The second-order valence-corrected chi connectivity index (χ2v) is 3.50. The van der Waals surface area contributed by atoms with E-state index in [0.717, 1.165) is 0 Å². The standard InChI is InChI=1S/C12H14/c1-9-7-8-11-5-3-4-6-12(11)10(9)2/h5-8H,3-4H2,1-2H3. The lowest BCUT2D eigenvalue weighted by Crippen LogP contribution is -2.29. The molecule has 12 heavy (non-hydrogen) atoms. The predicted octanol–water partition coefficient (Wildman–Crippen LogP) is 1.66. The third-order valence-electron chi connectivity index (χ3n) is 2.70. The van der Waals surface area contributed by atoms with Crippen LogP contribution in [-0.4, -0.2) is 0 Å². The van der Waals surface area contributed by atoms with E-state index in [4.69, 9.17) is 0 Å². The number of fused-ring (bicyclic) bond motifs is 1. The van der Waals surface area contributed by atoms with Crippen molar-refractivity contribution in [3.63, 3.8) is 0 Å². The minimum absolute atomic E-state index is 1.20. The van der Waals surface area contributed by atoms with Crippen molar-refractivity contribution in [1.82, 2.24) is 0 Å². The lowest BCUT2D eigenvalue weighted by atomic mass is 10.0.